The molecule has 2 N–H and O–H groups in total. The predicted molar refractivity (Wildman–Crippen MR) is 102 cm³/mol. The zero-order valence-corrected chi connectivity index (χ0v) is 16.1. The van der Waals surface area contributed by atoms with Gasteiger partial charge in [0.2, 0.25) is 0 Å². The molecule has 1 aliphatic carbocycles. The van der Waals surface area contributed by atoms with Crippen molar-refractivity contribution in [1.29, 1.82) is 0 Å². The lowest BCUT2D eigenvalue weighted by Crippen LogP contribution is -2.57. The number of nitrogens with zero attached hydrogens (tertiary/aromatic N) is 2. The second-order valence-electron chi connectivity index (χ2n) is 7.12. The van der Waals surface area contributed by atoms with Gasteiger partial charge in [-0.25, -0.2) is 18.7 Å². The van der Waals surface area contributed by atoms with E-state index in [2.05, 4.69) is 4.99 Å². The van der Waals surface area contributed by atoms with E-state index in [1.165, 1.54) is 19.2 Å². The van der Waals surface area contributed by atoms with Crippen molar-refractivity contribution < 1.29 is 23.2 Å². The molecule has 1 unspecified atom stereocenters. The van der Waals surface area contributed by atoms with Crippen LogP contribution < -0.4 is 10.2 Å². The number of benzene rings is 1. The van der Waals surface area contributed by atoms with Gasteiger partial charge in [-0.15, -0.1) is 0 Å². The number of aliphatic imine (C=N–C) groups is 1. The van der Waals surface area contributed by atoms with Crippen LogP contribution in [0.25, 0.3) is 0 Å². The third-order valence-corrected chi connectivity index (χ3v) is 7.86. The minimum atomic E-state index is -3.89. The summed E-state index contributed by atoms with van der Waals surface area (Å²) in [7, 11) is -2.39. The molecule has 0 aromatic heterocycles. The normalized spacial score (nSPS) is 26.1. The van der Waals surface area contributed by atoms with Crippen LogP contribution in [0.4, 0.5) is 4.79 Å². The first-order chi connectivity index (χ1) is 13.4. The van der Waals surface area contributed by atoms with Crippen molar-refractivity contribution in [3.8, 4) is 5.75 Å². The molecule has 28 heavy (non-hydrogen) atoms. The van der Waals surface area contributed by atoms with Gasteiger partial charge in [0.05, 0.1) is 17.7 Å². The molecule has 2 heterocycles. The lowest BCUT2D eigenvalue weighted by Gasteiger charge is -2.46. The third kappa shape index (κ3) is 2.73. The molecule has 2 amide bonds. The molecule has 1 aromatic rings. The number of nitrogens with one attached hydrogen (secondary N) is 1. The Morgan fingerprint density at radius 1 is 1.36 bits per heavy atom. The van der Waals surface area contributed by atoms with Crippen LogP contribution in [0.1, 0.15) is 19.3 Å². The van der Waals surface area contributed by atoms with Gasteiger partial charge in [0.15, 0.2) is 9.84 Å². The largest absolute Gasteiger partial charge is 0.497 e. The number of piperidine rings is 1. The molecule has 2 aliphatic heterocycles. The van der Waals surface area contributed by atoms with Crippen molar-refractivity contribution >= 4 is 21.6 Å². The lowest BCUT2D eigenvalue weighted by atomic mass is 9.67. The fraction of sp³-hybridized carbons (Fsp3) is 0.368. The molecule has 1 fully saturated rings. The van der Waals surface area contributed by atoms with Crippen LogP contribution >= 0.6 is 0 Å². The van der Waals surface area contributed by atoms with E-state index >= 15 is 0 Å². The van der Waals surface area contributed by atoms with Crippen LogP contribution in [-0.4, -0.2) is 49.3 Å². The number of ether oxygens (including phenoxy) is 1. The molecule has 1 spiro atoms. The summed E-state index contributed by atoms with van der Waals surface area (Å²) >= 11 is 0. The molecule has 2 atom stereocenters. The van der Waals surface area contributed by atoms with Crippen LogP contribution in [0, 0.1) is 5.41 Å². The number of sulfone groups is 1. The number of likely N-dealkylation sites (tertiary alicyclic amines) is 1. The Morgan fingerprint density at radius 3 is 2.79 bits per heavy atom. The monoisotopic (exact) mass is 403 g/mol. The zero-order valence-electron chi connectivity index (χ0n) is 15.3. The fourth-order valence-electron chi connectivity index (χ4n) is 4.26. The van der Waals surface area contributed by atoms with Crippen molar-refractivity contribution in [2.24, 2.45) is 10.4 Å². The van der Waals surface area contributed by atoms with Gasteiger partial charge in [-0.1, -0.05) is 6.08 Å². The van der Waals surface area contributed by atoms with E-state index in [-0.39, 0.29) is 17.9 Å². The predicted octanol–water partition coefficient (Wildman–Crippen LogP) is 2.27. The maximum absolute atomic E-state index is 13.5. The number of amides is 2. The molecular weight excluding hydrogens is 382 g/mol. The Morgan fingerprint density at radius 2 is 2.11 bits per heavy atom. The van der Waals surface area contributed by atoms with E-state index in [1.54, 1.807) is 23.8 Å². The first-order valence-corrected chi connectivity index (χ1v) is 10.5. The van der Waals surface area contributed by atoms with Gasteiger partial charge in [-0.3, -0.25) is 10.2 Å². The summed E-state index contributed by atoms with van der Waals surface area (Å²) in [6.45, 7) is 0.0906. The first kappa shape index (κ1) is 18.7. The molecule has 0 radical (unpaired) electrons. The number of hydrogen-bond donors (Lipinski definition) is 2. The maximum atomic E-state index is 13.5. The van der Waals surface area contributed by atoms with E-state index in [9.17, 15) is 13.2 Å². The molecule has 8 nitrogen and oxygen atoms in total. The lowest BCUT2D eigenvalue weighted by molar-refractivity contribution is 0.113. The van der Waals surface area contributed by atoms with Crippen LogP contribution in [0.3, 0.4) is 0 Å². The molecule has 3 aliphatic rings. The molecule has 4 rings (SSSR count). The number of urea groups is 1. The van der Waals surface area contributed by atoms with Crippen molar-refractivity contribution in [3.63, 3.8) is 0 Å². The van der Waals surface area contributed by atoms with E-state index in [1.807, 2.05) is 12.2 Å². The van der Waals surface area contributed by atoms with E-state index in [4.69, 9.17) is 9.94 Å². The highest BCUT2D eigenvalue weighted by Crippen LogP contribution is 2.50. The van der Waals surface area contributed by atoms with Crippen LogP contribution in [0.5, 0.6) is 5.75 Å². The number of carbonyl (C=O) groups is 1. The number of hydrogen-bond acceptors (Lipinski definition) is 6. The summed E-state index contributed by atoms with van der Waals surface area (Å²) in [5.41, 5.74) is 2.84. The minimum Gasteiger partial charge on any atom is -0.497 e. The molecule has 9 heteroatoms. The van der Waals surface area contributed by atoms with Crippen molar-refractivity contribution in [1.82, 2.24) is 10.4 Å². The Labute approximate surface area is 163 Å². The summed E-state index contributed by atoms with van der Waals surface area (Å²) in [6.07, 6.45) is 7.45. The van der Waals surface area contributed by atoms with Crippen molar-refractivity contribution in [2.45, 2.75) is 29.5 Å². The van der Waals surface area contributed by atoms with Crippen LogP contribution in [-0.2, 0) is 9.84 Å². The van der Waals surface area contributed by atoms with Crippen molar-refractivity contribution in [2.75, 3.05) is 13.7 Å². The molecule has 0 saturated carbocycles. The van der Waals surface area contributed by atoms with Crippen LogP contribution in [0.2, 0.25) is 0 Å². The quantitative estimate of drug-likeness (QED) is 0.595. The molecule has 0 bridgehead atoms. The van der Waals surface area contributed by atoms with Gasteiger partial charge in [0.25, 0.3) is 0 Å². The second-order valence-corrected chi connectivity index (χ2v) is 9.22. The first-order valence-electron chi connectivity index (χ1n) is 8.95. The van der Waals surface area contributed by atoms with E-state index in [0.29, 0.717) is 5.75 Å². The summed E-state index contributed by atoms with van der Waals surface area (Å²) in [4.78, 5) is 18.0. The van der Waals surface area contributed by atoms with Crippen LogP contribution in [0.15, 0.2) is 58.1 Å². The maximum Gasteiger partial charge on any atom is 0.342 e. The Kier molecular flexibility index (Phi) is 4.51. The number of rotatable bonds is 3. The minimum absolute atomic E-state index is 0.0906. The summed E-state index contributed by atoms with van der Waals surface area (Å²) < 4.78 is 32.0. The van der Waals surface area contributed by atoms with Gasteiger partial charge >= 0.3 is 6.03 Å². The fourth-order valence-corrected chi connectivity index (χ4v) is 6.10. The van der Waals surface area contributed by atoms with E-state index < -0.39 is 26.7 Å². The summed E-state index contributed by atoms with van der Waals surface area (Å²) in [5.74, 6) is 0.541. The average Bonchev–Trinajstić information content (AvgIpc) is 3.11. The van der Waals surface area contributed by atoms with Gasteiger partial charge < -0.3 is 9.64 Å². The number of hydroxylamine groups is 1. The number of carbonyl (C=O) groups excluding carboxylic acids is 1. The highest BCUT2D eigenvalue weighted by Gasteiger charge is 2.53. The highest BCUT2D eigenvalue weighted by molar-refractivity contribution is 7.92. The standard InChI is InChI=1S/C19H21N3O5S/c1-27-14-5-7-15(8-6-14)28(25,26)17-10-19-9-3-2-4-16(19)20-11-13(19)12-22(17)18(23)21-24/h2,4-8,11,17,24H,3,9-10,12H2,1H3,(H,21,23)/t17-,19?/m1/s1. The second kappa shape index (κ2) is 6.75. The SMILES string of the molecule is COc1ccc(S(=O)(=O)[C@@H]2CC34CCC=CC3=NC=C4CN2C(=O)NO)cc1. The molecule has 148 valence electrons. The Hall–Kier alpha value is -2.65. The molecule has 1 aromatic carbocycles. The number of allylic oxidation sites excluding steroid dienone is 2. The average molecular weight is 403 g/mol. The smallest absolute Gasteiger partial charge is 0.342 e. The Bertz CT molecular complexity index is 997. The zero-order chi connectivity index (χ0) is 19.9. The molecular formula is C19H21N3O5S. The molecule has 1 saturated heterocycles. The van der Waals surface area contributed by atoms with Gasteiger partial charge in [0.1, 0.15) is 11.1 Å². The topological polar surface area (TPSA) is 108 Å². The van der Waals surface area contributed by atoms with Gasteiger partial charge in [-0.05, 0) is 55.2 Å². The number of methoxy groups -OCH3 is 1. The van der Waals surface area contributed by atoms with E-state index in [0.717, 1.165) is 29.0 Å². The van der Waals surface area contributed by atoms with Gasteiger partial charge in [0, 0.05) is 18.2 Å². The van der Waals surface area contributed by atoms with Gasteiger partial charge in [-0.2, -0.15) is 0 Å². The highest BCUT2D eigenvalue weighted by atomic mass is 32.2. The summed E-state index contributed by atoms with van der Waals surface area (Å²) in [5, 5.41) is 8.04. The summed E-state index contributed by atoms with van der Waals surface area (Å²) in [6, 6.07) is 5.23. The third-order valence-electron chi connectivity index (χ3n) is 5.79. The van der Waals surface area contributed by atoms with Crippen molar-refractivity contribution in [3.05, 3.63) is 48.2 Å². The Balaban J connectivity index is 1.77.